The first-order chi connectivity index (χ1) is 16.1. The van der Waals surface area contributed by atoms with Crippen LogP contribution in [0.25, 0.3) is 22.2 Å². The van der Waals surface area contributed by atoms with Crippen LogP contribution >= 0.6 is 11.3 Å². The van der Waals surface area contributed by atoms with E-state index in [0.717, 1.165) is 29.0 Å². The summed E-state index contributed by atoms with van der Waals surface area (Å²) < 4.78 is 8.26. The van der Waals surface area contributed by atoms with Crippen molar-refractivity contribution in [2.75, 3.05) is 11.9 Å². The number of thiazole rings is 1. The van der Waals surface area contributed by atoms with E-state index in [0.29, 0.717) is 12.6 Å². The second-order valence-electron chi connectivity index (χ2n) is 9.30. The van der Waals surface area contributed by atoms with Gasteiger partial charge in [-0.2, -0.15) is 0 Å². The van der Waals surface area contributed by atoms with Crippen LogP contribution in [0.4, 0.5) is 5.13 Å². The van der Waals surface area contributed by atoms with Gasteiger partial charge in [0.15, 0.2) is 5.13 Å². The van der Waals surface area contributed by atoms with Gasteiger partial charge in [0.1, 0.15) is 5.75 Å². The highest BCUT2D eigenvalue weighted by molar-refractivity contribution is 7.14. The molecule has 4 aromatic rings. The molecule has 2 atom stereocenters. The predicted molar refractivity (Wildman–Crippen MR) is 140 cm³/mol. The predicted octanol–water partition coefficient (Wildman–Crippen LogP) is 7.51. The molecule has 1 saturated carbocycles. The van der Waals surface area contributed by atoms with Crippen molar-refractivity contribution >= 4 is 27.4 Å². The zero-order valence-electron chi connectivity index (χ0n) is 19.8. The monoisotopic (exact) mass is 459 g/mol. The van der Waals surface area contributed by atoms with Crippen LogP contribution in [0.15, 0.2) is 53.9 Å². The largest absolute Gasteiger partial charge is 0.494 e. The molecule has 0 bridgehead atoms. The summed E-state index contributed by atoms with van der Waals surface area (Å²) >= 11 is 1.72. The Kier molecular flexibility index (Phi) is 6.41. The van der Waals surface area contributed by atoms with E-state index in [1.54, 1.807) is 11.3 Å². The Hall–Kier alpha value is -2.79. The van der Waals surface area contributed by atoms with Crippen molar-refractivity contribution in [1.29, 1.82) is 0 Å². The lowest BCUT2D eigenvalue weighted by molar-refractivity contribution is 0.340. The van der Waals surface area contributed by atoms with E-state index in [4.69, 9.17) is 9.72 Å². The van der Waals surface area contributed by atoms with Crippen molar-refractivity contribution in [3.63, 3.8) is 0 Å². The van der Waals surface area contributed by atoms with Crippen molar-refractivity contribution in [1.82, 2.24) is 9.55 Å². The number of benzene rings is 2. The number of ether oxygens (including phenoxy) is 1. The zero-order valence-corrected chi connectivity index (χ0v) is 20.6. The molecule has 5 heteroatoms. The van der Waals surface area contributed by atoms with Crippen molar-refractivity contribution < 1.29 is 4.74 Å². The van der Waals surface area contributed by atoms with Crippen LogP contribution in [-0.4, -0.2) is 22.2 Å². The topological polar surface area (TPSA) is 39.1 Å². The summed E-state index contributed by atoms with van der Waals surface area (Å²) in [5.74, 6) is 1.71. The number of nitrogens with one attached hydrogen (secondary N) is 1. The van der Waals surface area contributed by atoms with Gasteiger partial charge in [0.25, 0.3) is 0 Å². The molecule has 2 unspecified atom stereocenters. The SMILES string of the molecule is CCOc1ccc2c(c1)c(-c1csc(NC3CCCC(C)C3)n1)c(C)n2Cc1ccccc1. The third-order valence-electron chi connectivity index (χ3n) is 6.81. The number of nitrogens with zero attached hydrogens (tertiary/aromatic N) is 2. The van der Waals surface area contributed by atoms with Crippen molar-refractivity contribution in [3.05, 3.63) is 65.2 Å². The zero-order chi connectivity index (χ0) is 22.8. The van der Waals surface area contributed by atoms with E-state index in [2.05, 4.69) is 77.6 Å². The van der Waals surface area contributed by atoms with Gasteiger partial charge in [0.05, 0.1) is 12.3 Å². The van der Waals surface area contributed by atoms with Crippen LogP contribution in [0.5, 0.6) is 5.75 Å². The molecule has 33 heavy (non-hydrogen) atoms. The molecule has 0 saturated heterocycles. The summed E-state index contributed by atoms with van der Waals surface area (Å²) in [5, 5.41) is 8.17. The molecular weight excluding hydrogens is 426 g/mol. The van der Waals surface area contributed by atoms with Gasteiger partial charge in [-0.05, 0) is 56.4 Å². The van der Waals surface area contributed by atoms with Gasteiger partial charge in [-0.3, -0.25) is 0 Å². The number of rotatable bonds is 7. The highest BCUT2D eigenvalue weighted by atomic mass is 32.1. The fourth-order valence-electron chi connectivity index (χ4n) is 5.21. The molecule has 5 rings (SSSR count). The maximum absolute atomic E-state index is 5.85. The lowest BCUT2D eigenvalue weighted by atomic mass is 9.87. The molecule has 2 aromatic carbocycles. The van der Waals surface area contributed by atoms with Gasteiger partial charge in [0, 0.05) is 40.1 Å². The molecule has 1 aliphatic rings. The normalized spacial score (nSPS) is 18.5. The maximum Gasteiger partial charge on any atom is 0.183 e. The van der Waals surface area contributed by atoms with E-state index in [9.17, 15) is 0 Å². The van der Waals surface area contributed by atoms with E-state index in [1.807, 2.05) is 6.92 Å². The number of hydrogen-bond acceptors (Lipinski definition) is 4. The van der Waals surface area contributed by atoms with Crippen LogP contribution in [0.2, 0.25) is 0 Å². The third kappa shape index (κ3) is 4.65. The van der Waals surface area contributed by atoms with Gasteiger partial charge in [0.2, 0.25) is 0 Å². The number of fused-ring (bicyclic) bond motifs is 1. The van der Waals surface area contributed by atoms with Crippen molar-refractivity contribution in [2.45, 2.75) is 59.0 Å². The number of aromatic nitrogens is 2. The first kappa shape index (κ1) is 22.0. The summed E-state index contributed by atoms with van der Waals surface area (Å²) in [4.78, 5) is 5.06. The Bertz CT molecular complexity index is 1230. The van der Waals surface area contributed by atoms with Gasteiger partial charge >= 0.3 is 0 Å². The second-order valence-corrected chi connectivity index (χ2v) is 10.2. The fourth-order valence-corrected chi connectivity index (χ4v) is 5.99. The summed E-state index contributed by atoms with van der Waals surface area (Å²) in [6.45, 7) is 8.11. The minimum absolute atomic E-state index is 0.540. The van der Waals surface area contributed by atoms with Gasteiger partial charge in [-0.1, -0.05) is 50.1 Å². The van der Waals surface area contributed by atoms with Crippen LogP contribution in [0.1, 0.15) is 50.8 Å². The first-order valence-electron chi connectivity index (χ1n) is 12.1. The molecule has 2 aromatic heterocycles. The molecule has 0 spiro atoms. The van der Waals surface area contributed by atoms with Crippen molar-refractivity contribution in [2.24, 2.45) is 5.92 Å². The molecule has 0 amide bonds. The van der Waals surface area contributed by atoms with E-state index in [1.165, 1.54) is 53.4 Å². The molecule has 1 fully saturated rings. The van der Waals surface area contributed by atoms with Crippen LogP contribution in [-0.2, 0) is 6.54 Å². The standard InChI is InChI=1S/C28H33N3OS/c1-4-32-23-13-14-26-24(16-23)27(20(3)31(26)17-21-10-6-5-7-11-21)25-18-33-28(30-25)29-22-12-8-9-19(2)15-22/h5-7,10-11,13-14,16,18-19,22H,4,8-9,12,15,17H2,1-3H3,(H,29,30). The third-order valence-corrected chi connectivity index (χ3v) is 7.59. The van der Waals surface area contributed by atoms with Crippen LogP contribution in [0, 0.1) is 12.8 Å². The van der Waals surface area contributed by atoms with Crippen molar-refractivity contribution in [3.8, 4) is 17.0 Å². The average molecular weight is 460 g/mol. The Morgan fingerprint density at radius 1 is 1.15 bits per heavy atom. The Labute approximate surface area is 200 Å². The fraction of sp³-hybridized carbons (Fsp3) is 0.393. The molecule has 0 radical (unpaired) electrons. The molecular formula is C28H33N3OS. The summed E-state index contributed by atoms with van der Waals surface area (Å²) in [6, 6.07) is 17.6. The average Bonchev–Trinajstić information content (AvgIpc) is 3.36. The number of hydrogen-bond donors (Lipinski definition) is 1. The molecule has 4 nitrogen and oxygen atoms in total. The lowest BCUT2D eigenvalue weighted by Crippen LogP contribution is -2.26. The summed E-state index contributed by atoms with van der Waals surface area (Å²) in [7, 11) is 0. The van der Waals surface area contributed by atoms with Gasteiger partial charge < -0.3 is 14.6 Å². The molecule has 1 N–H and O–H groups in total. The summed E-state index contributed by atoms with van der Waals surface area (Å²) in [5.41, 5.74) is 6.02. The first-order valence-corrected chi connectivity index (χ1v) is 13.0. The molecule has 2 heterocycles. The summed E-state index contributed by atoms with van der Waals surface area (Å²) in [6.07, 6.45) is 5.14. The van der Waals surface area contributed by atoms with Crippen LogP contribution < -0.4 is 10.1 Å². The molecule has 172 valence electrons. The Balaban J connectivity index is 1.53. The lowest BCUT2D eigenvalue weighted by Gasteiger charge is -2.27. The van der Waals surface area contributed by atoms with E-state index in [-0.39, 0.29) is 0 Å². The van der Waals surface area contributed by atoms with E-state index >= 15 is 0 Å². The quantitative estimate of drug-likeness (QED) is 0.311. The van der Waals surface area contributed by atoms with Gasteiger partial charge in [-0.25, -0.2) is 4.98 Å². The van der Waals surface area contributed by atoms with E-state index < -0.39 is 0 Å². The molecule has 1 aliphatic carbocycles. The molecule has 0 aliphatic heterocycles. The second kappa shape index (κ2) is 9.60. The maximum atomic E-state index is 5.85. The highest BCUT2D eigenvalue weighted by Crippen LogP contribution is 2.38. The minimum atomic E-state index is 0.540. The van der Waals surface area contributed by atoms with Crippen LogP contribution in [0.3, 0.4) is 0 Å². The minimum Gasteiger partial charge on any atom is -0.494 e. The smallest absolute Gasteiger partial charge is 0.183 e. The Morgan fingerprint density at radius 3 is 2.79 bits per heavy atom. The number of anilines is 1. The Morgan fingerprint density at radius 2 is 2.00 bits per heavy atom. The highest BCUT2D eigenvalue weighted by Gasteiger charge is 2.22. The van der Waals surface area contributed by atoms with Gasteiger partial charge in [-0.15, -0.1) is 11.3 Å².